The minimum absolute atomic E-state index is 0.289. The van der Waals surface area contributed by atoms with Gasteiger partial charge in [-0.2, -0.15) is 0 Å². The van der Waals surface area contributed by atoms with Gasteiger partial charge in [0.05, 0.1) is 38.3 Å². The topological polar surface area (TPSA) is 125 Å². The lowest BCUT2D eigenvalue weighted by atomic mass is 9.87. The van der Waals surface area contributed by atoms with Crippen molar-refractivity contribution < 1.29 is 8.83 Å². The van der Waals surface area contributed by atoms with Crippen LogP contribution in [0.25, 0.3) is 99.8 Å². The molecule has 0 saturated heterocycles. The van der Waals surface area contributed by atoms with Crippen molar-refractivity contribution in [3.05, 3.63) is 243 Å². The molecule has 0 radical (unpaired) electrons. The predicted octanol–water partition coefficient (Wildman–Crippen LogP) is 13.7. The third-order valence-corrected chi connectivity index (χ3v) is 13.5. The van der Waals surface area contributed by atoms with Crippen LogP contribution in [0.4, 0.5) is 0 Å². The summed E-state index contributed by atoms with van der Waals surface area (Å²) in [4.78, 5) is 50.1. The van der Waals surface area contributed by atoms with Crippen molar-refractivity contribution in [3.63, 3.8) is 0 Å². The molecule has 346 valence electrons. The molecule has 9 nitrogen and oxygen atoms in total. The van der Waals surface area contributed by atoms with Crippen LogP contribution in [-0.2, 0) is 25.7 Å². The van der Waals surface area contributed by atoms with Crippen LogP contribution in [0.15, 0.2) is 207 Å². The standard InChI is InChI=1S/C63H45N5O4/c1-38-17-27-51-58-54(62(69)71-60(51)67-38)32-42(35-65-58)21-19-40-29-41(20-22-43-33-55-59(66-36-43)52-28-18-39(2)68-61(52)72-63(55)70)31-48(30-40)49-15-9-10-16-50(49)56-37-64-57(47-13-7-4-8-14-47)34-53(56)46-25-23-45(24-26-46)44-11-5-3-6-12-44/h3-18,23-37H,19-22H2,1-2H3. The first-order chi connectivity index (χ1) is 35.3. The molecule has 7 heterocycles. The fourth-order valence-electron chi connectivity index (χ4n) is 9.80. The zero-order chi connectivity index (χ0) is 48.7. The van der Waals surface area contributed by atoms with E-state index >= 15 is 0 Å². The highest BCUT2D eigenvalue weighted by atomic mass is 16.4. The number of nitrogens with zero attached hydrogens (tertiary/aromatic N) is 5. The van der Waals surface area contributed by atoms with Crippen LogP contribution in [0.3, 0.4) is 0 Å². The number of hydrogen-bond acceptors (Lipinski definition) is 9. The monoisotopic (exact) mass is 935 g/mol. The second-order valence-corrected chi connectivity index (χ2v) is 18.4. The van der Waals surface area contributed by atoms with E-state index in [1.165, 1.54) is 0 Å². The van der Waals surface area contributed by atoms with Crippen molar-refractivity contribution in [1.29, 1.82) is 0 Å². The average Bonchev–Trinajstić information content (AvgIpc) is 3.42. The Labute approximate surface area is 414 Å². The highest BCUT2D eigenvalue weighted by molar-refractivity contribution is 6.01. The molecule has 0 spiro atoms. The van der Waals surface area contributed by atoms with Gasteiger partial charge >= 0.3 is 11.3 Å². The lowest BCUT2D eigenvalue weighted by molar-refractivity contribution is 0.556. The summed E-state index contributed by atoms with van der Waals surface area (Å²) < 4.78 is 11.3. The van der Waals surface area contributed by atoms with E-state index in [1.54, 1.807) is 0 Å². The van der Waals surface area contributed by atoms with Crippen LogP contribution in [0.5, 0.6) is 0 Å². The number of fused-ring (bicyclic) bond motifs is 6. The zero-order valence-electron chi connectivity index (χ0n) is 39.6. The fraction of sp³-hybridized carbons (Fsp3) is 0.0952. The zero-order valence-corrected chi connectivity index (χ0v) is 39.6. The maximum atomic E-state index is 13.3. The Bertz CT molecular complexity index is 4010. The quantitative estimate of drug-likeness (QED) is 0.117. The van der Waals surface area contributed by atoms with Gasteiger partial charge in [-0.3, -0.25) is 15.0 Å². The third kappa shape index (κ3) is 8.62. The van der Waals surface area contributed by atoms with Gasteiger partial charge in [-0.25, -0.2) is 19.6 Å². The highest BCUT2D eigenvalue weighted by Crippen LogP contribution is 2.41. The summed E-state index contributed by atoms with van der Waals surface area (Å²) >= 11 is 0. The van der Waals surface area contributed by atoms with E-state index in [0.717, 1.165) is 89.4 Å². The van der Waals surface area contributed by atoms with E-state index in [4.69, 9.17) is 23.8 Å². The Balaban J connectivity index is 0.939. The number of pyridine rings is 5. The molecule has 0 fully saturated rings. The van der Waals surface area contributed by atoms with Crippen molar-refractivity contribution in [3.8, 4) is 55.8 Å². The van der Waals surface area contributed by atoms with Gasteiger partial charge in [0.15, 0.2) is 0 Å². The average molecular weight is 936 g/mol. The molecule has 12 rings (SSSR count). The molecule has 72 heavy (non-hydrogen) atoms. The van der Waals surface area contributed by atoms with Crippen molar-refractivity contribution in [2.45, 2.75) is 39.5 Å². The minimum atomic E-state index is -0.454. The van der Waals surface area contributed by atoms with E-state index in [9.17, 15) is 9.59 Å². The molecule has 7 aromatic heterocycles. The number of rotatable bonds is 11. The molecule has 0 N–H and O–H groups in total. The summed E-state index contributed by atoms with van der Waals surface area (Å²) in [5.74, 6) is 0. The smallest absolute Gasteiger partial charge is 0.347 e. The second kappa shape index (κ2) is 18.6. The summed E-state index contributed by atoms with van der Waals surface area (Å²) in [7, 11) is 0. The third-order valence-electron chi connectivity index (χ3n) is 13.5. The van der Waals surface area contributed by atoms with Gasteiger partial charge < -0.3 is 8.83 Å². The SMILES string of the molecule is Cc1ccc2c(n1)oc(=O)c1cc(CCc3cc(CCc4cnc5c(c4)c(=O)oc4nc(C)ccc45)cc(-c4ccccc4-c4cnc(-c5ccccc5)cc4-c4ccc(-c5ccccc5)cc4)c3)cnc12. The molecule has 0 bridgehead atoms. The summed E-state index contributed by atoms with van der Waals surface area (Å²) in [5.41, 5.74) is 17.1. The van der Waals surface area contributed by atoms with Gasteiger partial charge in [0.1, 0.15) is 0 Å². The first-order valence-corrected chi connectivity index (χ1v) is 24.1. The first-order valence-electron chi connectivity index (χ1n) is 24.1. The van der Waals surface area contributed by atoms with Crippen molar-refractivity contribution >= 4 is 44.0 Å². The number of hydrogen-bond donors (Lipinski definition) is 0. The molecular weight excluding hydrogens is 891 g/mol. The molecule has 12 aromatic rings. The largest absolute Gasteiger partial charge is 0.403 e. The molecule has 0 aliphatic rings. The highest BCUT2D eigenvalue weighted by Gasteiger charge is 2.18. The molecule has 5 aromatic carbocycles. The minimum Gasteiger partial charge on any atom is -0.403 e. The maximum Gasteiger partial charge on any atom is 0.347 e. The molecule has 0 aliphatic carbocycles. The number of aryl methyl sites for hydroxylation is 6. The van der Waals surface area contributed by atoms with E-state index in [0.29, 0.717) is 58.3 Å². The van der Waals surface area contributed by atoms with Crippen molar-refractivity contribution in [2.24, 2.45) is 0 Å². The number of aromatic nitrogens is 5. The summed E-state index contributed by atoms with van der Waals surface area (Å²) in [6.45, 7) is 3.73. The fourth-order valence-corrected chi connectivity index (χ4v) is 9.80. The Morgan fingerprint density at radius 3 is 1.42 bits per heavy atom. The van der Waals surface area contributed by atoms with E-state index in [1.807, 2.05) is 93.1 Å². The Morgan fingerprint density at radius 2 is 0.847 bits per heavy atom. The van der Waals surface area contributed by atoms with E-state index < -0.39 is 11.3 Å². The Hall–Kier alpha value is -9.21. The van der Waals surface area contributed by atoms with Crippen LogP contribution < -0.4 is 11.3 Å². The van der Waals surface area contributed by atoms with Crippen LogP contribution in [-0.4, -0.2) is 24.9 Å². The predicted molar refractivity (Wildman–Crippen MR) is 287 cm³/mol. The van der Waals surface area contributed by atoms with Gasteiger partial charge in [0, 0.05) is 41.1 Å². The Kier molecular flexibility index (Phi) is 11.4. The maximum absolute atomic E-state index is 13.3. The van der Waals surface area contributed by atoms with Crippen LogP contribution in [0.2, 0.25) is 0 Å². The molecule has 0 atom stereocenters. The molecule has 0 saturated carbocycles. The lowest BCUT2D eigenvalue weighted by Gasteiger charge is -2.18. The molecule has 0 aliphatic heterocycles. The van der Waals surface area contributed by atoms with Crippen LogP contribution >= 0.6 is 0 Å². The summed E-state index contributed by atoms with van der Waals surface area (Å²) in [6.07, 6.45) is 8.36. The van der Waals surface area contributed by atoms with Gasteiger partial charge in [-0.15, -0.1) is 0 Å². The van der Waals surface area contributed by atoms with Gasteiger partial charge in [-0.05, 0) is 143 Å². The molecule has 9 heteroatoms. The summed E-state index contributed by atoms with van der Waals surface area (Å²) in [6, 6.07) is 58.5. The number of benzene rings is 5. The van der Waals surface area contributed by atoms with E-state index in [-0.39, 0.29) is 11.4 Å². The molecular formula is C63H45N5O4. The normalized spacial score (nSPS) is 11.5. The van der Waals surface area contributed by atoms with Gasteiger partial charge in [-0.1, -0.05) is 127 Å². The second-order valence-electron chi connectivity index (χ2n) is 18.4. The molecule has 0 unspecified atom stereocenters. The lowest BCUT2D eigenvalue weighted by Crippen LogP contribution is -2.04. The Morgan fingerprint density at radius 1 is 0.361 bits per heavy atom. The summed E-state index contributed by atoms with van der Waals surface area (Å²) in [5, 5.41) is 2.28. The van der Waals surface area contributed by atoms with Gasteiger partial charge in [0.25, 0.3) is 0 Å². The molecule has 0 amide bonds. The van der Waals surface area contributed by atoms with Gasteiger partial charge in [0.2, 0.25) is 11.4 Å². The van der Waals surface area contributed by atoms with Crippen LogP contribution in [0.1, 0.15) is 33.6 Å². The first kappa shape index (κ1) is 44.0. The van der Waals surface area contributed by atoms with E-state index in [2.05, 4.69) is 119 Å². The van der Waals surface area contributed by atoms with Crippen LogP contribution in [0, 0.1) is 13.8 Å². The van der Waals surface area contributed by atoms with Crippen molar-refractivity contribution in [1.82, 2.24) is 24.9 Å². The van der Waals surface area contributed by atoms with Crippen molar-refractivity contribution in [2.75, 3.05) is 0 Å².